The monoisotopic (exact) mass is 304 g/mol. The maximum absolute atomic E-state index is 10.9. The minimum atomic E-state index is -0.160. The average Bonchev–Trinajstić information content (AvgIpc) is 2.85. The molecule has 1 aromatic carbocycles. The molecule has 0 bridgehead atoms. The van der Waals surface area contributed by atoms with Gasteiger partial charge in [0.25, 0.3) is 0 Å². The molecule has 1 amide bonds. The van der Waals surface area contributed by atoms with Gasteiger partial charge < -0.3 is 5.32 Å². The van der Waals surface area contributed by atoms with E-state index in [1.807, 2.05) is 25.1 Å². The molecule has 1 aromatic heterocycles. The van der Waals surface area contributed by atoms with Crippen molar-refractivity contribution >= 4 is 34.1 Å². The molecular formula is C13H12N4OS2. The van der Waals surface area contributed by atoms with Crippen molar-refractivity contribution in [1.29, 1.82) is 5.26 Å². The van der Waals surface area contributed by atoms with Crippen LogP contribution in [0.25, 0.3) is 0 Å². The molecule has 2 aromatic rings. The van der Waals surface area contributed by atoms with E-state index in [0.717, 1.165) is 9.90 Å². The van der Waals surface area contributed by atoms with E-state index in [-0.39, 0.29) is 11.2 Å². The summed E-state index contributed by atoms with van der Waals surface area (Å²) in [5, 5.41) is 20.1. The van der Waals surface area contributed by atoms with Crippen LogP contribution in [0.1, 0.15) is 30.2 Å². The minimum Gasteiger partial charge on any atom is -0.301 e. The van der Waals surface area contributed by atoms with Gasteiger partial charge in [-0.2, -0.15) is 5.26 Å². The SMILES string of the molecule is CC(=O)Nc1nnc(S[C@@H](C)c2cccc(C#N)c2)s1. The number of hydrogen-bond donors (Lipinski definition) is 1. The zero-order valence-electron chi connectivity index (χ0n) is 11.0. The quantitative estimate of drug-likeness (QED) is 0.693. The predicted molar refractivity (Wildman–Crippen MR) is 79.6 cm³/mol. The molecule has 0 unspecified atom stereocenters. The van der Waals surface area contributed by atoms with Crippen molar-refractivity contribution in [2.75, 3.05) is 5.32 Å². The van der Waals surface area contributed by atoms with Crippen molar-refractivity contribution in [3.8, 4) is 6.07 Å². The number of carbonyl (C=O) groups is 1. The highest BCUT2D eigenvalue weighted by Gasteiger charge is 2.12. The Bertz CT molecular complexity index is 662. The second-order valence-corrected chi connectivity index (χ2v) is 6.62. The smallest absolute Gasteiger partial charge is 0.223 e. The first-order chi connectivity index (χ1) is 9.58. The fourth-order valence-electron chi connectivity index (χ4n) is 1.54. The third kappa shape index (κ3) is 3.79. The maximum Gasteiger partial charge on any atom is 0.223 e. The highest BCUT2D eigenvalue weighted by molar-refractivity contribution is 8.01. The van der Waals surface area contributed by atoms with Crippen LogP contribution < -0.4 is 5.32 Å². The topological polar surface area (TPSA) is 78.7 Å². The number of nitriles is 1. The fraction of sp³-hybridized carbons (Fsp3) is 0.231. The van der Waals surface area contributed by atoms with Gasteiger partial charge in [-0.3, -0.25) is 4.79 Å². The number of carbonyl (C=O) groups excluding carboxylic acids is 1. The first-order valence-electron chi connectivity index (χ1n) is 5.86. The molecule has 1 atom stereocenters. The molecule has 0 aliphatic heterocycles. The number of nitrogens with zero attached hydrogens (tertiary/aromatic N) is 3. The number of aromatic nitrogens is 2. The summed E-state index contributed by atoms with van der Waals surface area (Å²) >= 11 is 2.89. The van der Waals surface area contributed by atoms with Gasteiger partial charge in [0.2, 0.25) is 11.0 Å². The molecule has 2 rings (SSSR count). The number of benzene rings is 1. The summed E-state index contributed by atoms with van der Waals surface area (Å²) in [6, 6.07) is 9.63. The largest absolute Gasteiger partial charge is 0.301 e. The van der Waals surface area contributed by atoms with Crippen LogP contribution in [-0.2, 0) is 4.79 Å². The molecule has 0 radical (unpaired) electrons. The van der Waals surface area contributed by atoms with Gasteiger partial charge >= 0.3 is 0 Å². The van der Waals surface area contributed by atoms with E-state index in [4.69, 9.17) is 5.26 Å². The van der Waals surface area contributed by atoms with E-state index in [0.29, 0.717) is 10.7 Å². The molecule has 0 spiro atoms. The van der Waals surface area contributed by atoms with Crippen molar-refractivity contribution in [1.82, 2.24) is 10.2 Å². The highest BCUT2D eigenvalue weighted by Crippen LogP contribution is 2.37. The molecule has 0 aliphatic carbocycles. The molecule has 1 heterocycles. The Morgan fingerprint density at radius 1 is 1.50 bits per heavy atom. The first-order valence-corrected chi connectivity index (χ1v) is 7.56. The molecular weight excluding hydrogens is 292 g/mol. The summed E-state index contributed by atoms with van der Waals surface area (Å²) in [4.78, 5) is 10.9. The summed E-state index contributed by atoms with van der Waals surface area (Å²) in [6.45, 7) is 3.48. The second kappa shape index (κ2) is 6.50. The van der Waals surface area contributed by atoms with Gasteiger partial charge in [0.1, 0.15) is 0 Å². The zero-order valence-corrected chi connectivity index (χ0v) is 12.6. The minimum absolute atomic E-state index is 0.154. The summed E-state index contributed by atoms with van der Waals surface area (Å²) in [7, 11) is 0. The van der Waals surface area contributed by atoms with Gasteiger partial charge in [0, 0.05) is 12.2 Å². The third-order valence-corrected chi connectivity index (χ3v) is 4.53. The average molecular weight is 304 g/mol. The fourth-order valence-corrected chi connectivity index (χ4v) is 3.60. The van der Waals surface area contributed by atoms with Crippen LogP contribution in [0.4, 0.5) is 5.13 Å². The van der Waals surface area contributed by atoms with Crippen LogP contribution >= 0.6 is 23.1 Å². The highest BCUT2D eigenvalue weighted by atomic mass is 32.2. The summed E-state index contributed by atoms with van der Waals surface area (Å²) in [5.74, 6) is -0.160. The lowest BCUT2D eigenvalue weighted by atomic mass is 10.1. The third-order valence-electron chi connectivity index (χ3n) is 2.45. The molecule has 1 N–H and O–H groups in total. The number of amides is 1. The lowest BCUT2D eigenvalue weighted by Gasteiger charge is -2.09. The summed E-state index contributed by atoms with van der Waals surface area (Å²) < 4.78 is 0.781. The van der Waals surface area contributed by atoms with Crippen LogP contribution in [-0.4, -0.2) is 16.1 Å². The van der Waals surface area contributed by atoms with Crippen LogP contribution in [0.2, 0.25) is 0 Å². The van der Waals surface area contributed by atoms with Crippen LogP contribution in [0.3, 0.4) is 0 Å². The van der Waals surface area contributed by atoms with E-state index in [9.17, 15) is 4.79 Å². The Morgan fingerprint density at radius 2 is 2.30 bits per heavy atom. The van der Waals surface area contributed by atoms with Gasteiger partial charge in [0.05, 0.1) is 11.6 Å². The molecule has 20 heavy (non-hydrogen) atoms. The normalized spacial score (nSPS) is 11.7. The van der Waals surface area contributed by atoms with E-state index in [2.05, 4.69) is 21.6 Å². The van der Waals surface area contributed by atoms with Gasteiger partial charge in [-0.15, -0.1) is 10.2 Å². The van der Waals surface area contributed by atoms with Crippen molar-refractivity contribution in [3.63, 3.8) is 0 Å². The Kier molecular flexibility index (Phi) is 4.71. The molecule has 5 nitrogen and oxygen atoms in total. The molecule has 0 aliphatic rings. The van der Waals surface area contributed by atoms with E-state index >= 15 is 0 Å². The Morgan fingerprint density at radius 3 is 3.00 bits per heavy atom. The number of anilines is 1. The lowest BCUT2D eigenvalue weighted by molar-refractivity contribution is -0.114. The van der Waals surface area contributed by atoms with E-state index in [1.54, 1.807) is 17.8 Å². The van der Waals surface area contributed by atoms with Crippen molar-refractivity contribution in [2.45, 2.75) is 23.4 Å². The summed E-state index contributed by atoms with van der Waals surface area (Å²) in [6.07, 6.45) is 0. The standard InChI is InChI=1S/C13H12N4OS2/c1-8(11-5-3-4-10(6-11)7-14)19-13-17-16-12(20-13)15-9(2)18/h3-6,8H,1-2H3,(H,15,16,18)/t8-/m0/s1. The Balaban J connectivity index is 2.07. The van der Waals surface area contributed by atoms with E-state index in [1.165, 1.54) is 18.3 Å². The van der Waals surface area contributed by atoms with Gasteiger partial charge in [-0.1, -0.05) is 35.2 Å². The van der Waals surface area contributed by atoms with Gasteiger partial charge in [-0.05, 0) is 24.6 Å². The predicted octanol–water partition coefficient (Wildman–Crippen LogP) is 3.22. The van der Waals surface area contributed by atoms with Gasteiger partial charge in [-0.25, -0.2) is 0 Å². The molecule has 0 fully saturated rings. The lowest BCUT2D eigenvalue weighted by Crippen LogP contribution is -2.04. The zero-order chi connectivity index (χ0) is 14.5. The molecule has 0 saturated heterocycles. The second-order valence-electron chi connectivity index (χ2n) is 4.05. The van der Waals surface area contributed by atoms with Crippen molar-refractivity contribution in [2.24, 2.45) is 0 Å². The van der Waals surface area contributed by atoms with Crippen LogP contribution in [0.15, 0.2) is 28.6 Å². The Hall–Kier alpha value is -1.91. The number of hydrogen-bond acceptors (Lipinski definition) is 6. The van der Waals surface area contributed by atoms with Gasteiger partial charge in [0.15, 0.2) is 4.34 Å². The number of thioether (sulfide) groups is 1. The van der Waals surface area contributed by atoms with Crippen LogP contribution in [0.5, 0.6) is 0 Å². The number of nitrogens with one attached hydrogen (secondary N) is 1. The molecule has 102 valence electrons. The summed E-state index contributed by atoms with van der Waals surface area (Å²) in [5.41, 5.74) is 1.71. The van der Waals surface area contributed by atoms with Crippen molar-refractivity contribution < 1.29 is 4.79 Å². The number of rotatable bonds is 4. The van der Waals surface area contributed by atoms with Crippen molar-refractivity contribution in [3.05, 3.63) is 35.4 Å². The Labute approximate surface area is 125 Å². The maximum atomic E-state index is 10.9. The van der Waals surface area contributed by atoms with E-state index < -0.39 is 0 Å². The molecule has 0 saturated carbocycles. The van der Waals surface area contributed by atoms with Crippen LogP contribution in [0, 0.1) is 11.3 Å². The first kappa shape index (κ1) is 14.5. The molecule has 7 heteroatoms.